The van der Waals surface area contributed by atoms with E-state index in [4.69, 9.17) is 0 Å². The third-order valence-electron chi connectivity index (χ3n) is 4.64. The van der Waals surface area contributed by atoms with E-state index >= 15 is 0 Å². The molecule has 0 amide bonds. The van der Waals surface area contributed by atoms with Crippen molar-refractivity contribution in [1.82, 2.24) is 4.72 Å². The van der Waals surface area contributed by atoms with Gasteiger partial charge in [0.05, 0.1) is 27.3 Å². The molecule has 0 aliphatic heterocycles. The van der Waals surface area contributed by atoms with Crippen LogP contribution in [0.2, 0.25) is 0 Å². The van der Waals surface area contributed by atoms with Crippen molar-refractivity contribution in [2.24, 2.45) is 5.92 Å². The summed E-state index contributed by atoms with van der Waals surface area (Å²) in [6, 6.07) is 7.22. The van der Waals surface area contributed by atoms with Crippen molar-refractivity contribution in [1.29, 1.82) is 5.26 Å². The number of benzene rings is 1. The van der Waals surface area contributed by atoms with Crippen LogP contribution in [0.4, 0.5) is 4.39 Å². The minimum absolute atomic E-state index is 0.347. The first kappa shape index (κ1) is 21.9. The van der Waals surface area contributed by atoms with Gasteiger partial charge in [0.15, 0.2) is 0 Å². The summed E-state index contributed by atoms with van der Waals surface area (Å²) in [6.07, 6.45) is 2.11. The highest BCUT2D eigenvalue weighted by atomic mass is 79.9. The Morgan fingerprint density at radius 3 is 2.46 bits per heavy atom. The fraction of sp³-hybridized carbons (Fsp3) is 0.632. The van der Waals surface area contributed by atoms with Crippen molar-refractivity contribution >= 4 is 38.7 Å². The third-order valence-corrected chi connectivity index (χ3v) is 8.62. The quantitative estimate of drug-likeness (QED) is 0.601. The maximum Gasteiger partial charge on any atom is 0.128 e. The zero-order valence-electron chi connectivity index (χ0n) is 15.9. The molecule has 0 spiro atoms. The van der Waals surface area contributed by atoms with Gasteiger partial charge in [0.1, 0.15) is 10.6 Å². The van der Waals surface area contributed by atoms with Crippen molar-refractivity contribution in [2.75, 3.05) is 5.75 Å². The first-order valence-corrected chi connectivity index (χ1v) is 11.5. The van der Waals surface area contributed by atoms with E-state index in [1.54, 1.807) is 12.1 Å². The van der Waals surface area contributed by atoms with E-state index in [1.165, 1.54) is 17.8 Å². The van der Waals surface area contributed by atoms with Gasteiger partial charge in [0.25, 0.3) is 0 Å². The first-order chi connectivity index (χ1) is 11.9. The average molecular weight is 461 g/mol. The van der Waals surface area contributed by atoms with Crippen LogP contribution in [0.25, 0.3) is 0 Å². The van der Waals surface area contributed by atoms with E-state index in [0.29, 0.717) is 17.2 Å². The van der Waals surface area contributed by atoms with Crippen molar-refractivity contribution < 1.29 is 8.60 Å². The number of rotatable bonds is 7. The van der Waals surface area contributed by atoms with Crippen LogP contribution in [-0.2, 0) is 16.5 Å². The molecular formula is C19H26BrFN2OS2. The Labute approximate surface area is 171 Å². The van der Waals surface area contributed by atoms with E-state index in [1.807, 2.05) is 34.6 Å². The topological polar surface area (TPSA) is 52.9 Å². The molecule has 3 atom stereocenters. The second kappa shape index (κ2) is 7.90. The van der Waals surface area contributed by atoms with Gasteiger partial charge in [-0.2, -0.15) is 5.26 Å². The molecule has 3 nitrogen and oxygen atoms in total. The molecule has 0 heterocycles. The van der Waals surface area contributed by atoms with E-state index in [-0.39, 0.29) is 5.82 Å². The number of thioether (sulfide) groups is 1. The maximum absolute atomic E-state index is 14.7. The van der Waals surface area contributed by atoms with Crippen LogP contribution < -0.4 is 4.72 Å². The van der Waals surface area contributed by atoms with Crippen molar-refractivity contribution in [3.8, 4) is 6.07 Å². The standard InChI is InChI=1S/C19H26BrFN2OS2/c1-17(2,3)26(24)23-18(4,15-10-14(20)8-9-16(15)21)12-25-19(5,11-22)13-6-7-13/h8-10,13,23H,6-7,12H2,1-5H3/t18-,19?,26+/m0/s1. The van der Waals surface area contributed by atoms with Crippen LogP contribution in [0, 0.1) is 23.1 Å². The molecule has 1 unspecified atom stereocenters. The fourth-order valence-electron chi connectivity index (χ4n) is 2.61. The number of nitrogens with zero attached hydrogens (tertiary/aromatic N) is 1. The largest absolute Gasteiger partial charge is 0.242 e. The molecule has 1 aromatic rings. The number of halogens is 2. The minimum atomic E-state index is -1.38. The Balaban J connectivity index is 2.36. The van der Waals surface area contributed by atoms with Gasteiger partial charge in [-0.1, -0.05) is 15.9 Å². The molecule has 0 radical (unpaired) electrons. The van der Waals surface area contributed by atoms with Gasteiger partial charge in [0, 0.05) is 15.8 Å². The van der Waals surface area contributed by atoms with Gasteiger partial charge < -0.3 is 0 Å². The minimum Gasteiger partial charge on any atom is -0.242 e. The van der Waals surface area contributed by atoms with Crippen LogP contribution in [0.3, 0.4) is 0 Å². The highest BCUT2D eigenvalue weighted by molar-refractivity contribution is 9.10. The zero-order valence-corrected chi connectivity index (χ0v) is 19.1. The third kappa shape index (κ3) is 5.09. The van der Waals surface area contributed by atoms with E-state index in [2.05, 4.69) is 26.7 Å². The summed E-state index contributed by atoms with van der Waals surface area (Å²) in [4.78, 5) is 0. The van der Waals surface area contributed by atoms with Gasteiger partial charge in [-0.05, 0) is 71.6 Å². The molecule has 0 saturated heterocycles. The summed E-state index contributed by atoms with van der Waals surface area (Å²) >= 11 is 4.93. The van der Waals surface area contributed by atoms with Crippen LogP contribution in [0.5, 0.6) is 0 Å². The summed E-state index contributed by atoms with van der Waals surface area (Å²) in [5, 5.41) is 9.64. The molecule has 2 rings (SSSR count). The van der Waals surface area contributed by atoms with E-state index in [0.717, 1.165) is 17.3 Å². The van der Waals surface area contributed by atoms with E-state index in [9.17, 15) is 13.9 Å². The van der Waals surface area contributed by atoms with Crippen LogP contribution in [0.1, 0.15) is 53.0 Å². The fourth-order valence-corrected chi connectivity index (χ4v) is 5.31. The Hall–Kier alpha value is -0.420. The average Bonchev–Trinajstić information content (AvgIpc) is 3.39. The summed E-state index contributed by atoms with van der Waals surface area (Å²) in [7, 11) is -1.38. The van der Waals surface area contributed by atoms with Gasteiger partial charge in [-0.25, -0.2) is 13.3 Å². The molecular weight excluding hydrogens is 435 g/mol. The smallest absolute Gasteiger partial charge is 0.128 e. The molecule has 1 aliphatic rings. The Bertz CT molecular complexity index is 742. The van der Waals surface area contributed by atoms with Crippen molar-refractivity contribution in [3.05, 3.63) is 34.1 Å². The number of hydrogen-bond acceptors (Lipinski definition) is 3. The number of nitriles is 1. The molecule has 7 heteroatoms. The van der Waals surface area contributed by atoms with Crippen molar-refractivity contribution in [3.63, 3.8) is 0 Å². The molecule has 144 valence electrons. The van der Waals surface area contributed by atoms with E-state index < -0.39 is 26.0 Å². The summed E-state index contributed by atoms with van der Waals surface area (Å²) in [5.41, 5.74) is -0.419. The molecule has 0 bridgehead atoms. The van der Waals surface area contributed by atoms with Gasteiger partial charge in [-0.3, -0.25) is 0 Å². The first-order valence-electron chi connectivity index (χ1n) is 8.62. The Morgan fingerprint density at radius 2 is 1.96 bits per heavy atom. The van der Waals surface area contributed by atoms with Crippen LogP contribution in [0.15, 0.2) is 22.7 Å². The lowest BCUT2D eigenvalue weighted by Gasteiger charge is -2.36. The van der Waals surface area contributed by atoms with Crippen LogP contribution in [-0.4, -0.2) is 19.5 Å². The maximum atomic E-state index is 14.7. The van der Waals surface area contributed by atoms with Crippen LogP contribution >= 0.6 is 27.7 Å². The van der Waals surface area contributed by atoms with Crippen molar-refractivity contribution in [2.45, 2.75) is 62.5 Å². The lowest BCUT2D eigenvalue weighted by atomic mass is 9.95. The predicted octanol–water partition coefficient (Wildman–Crippen LogP) is 5.28. The summed E-state index contributed by atoms with van der Waals surface area (Å²) < 4.78 is 30.4. The molecule has 1 aromatic carbocycles. The normalized spacial score (nSPS) is 20.7. The zero-order chi connectivity index (χ0) is 19.8. The van der Waals surface area contributed by atoms with Gasteiger partial charge in [-0.15, -0.1) is 11.8 Å². The van der Waals surface area contributed by atoms with Gasteiger partial charge in [0.2, 0.25) is 0 Å². The molecule has 0 aromatic heterocycles. The Kier molecular flexibility index (Phi) is 6.65. The highest BCUT2D eigenvalue weighted by Crippen LogP contribution is 2.48. The molecule has 1 aliphatic carbocycles. The monoisotopic (exact) mass is 460 g/mol. The second-order valence-electron chi connectivity index (χ2n) is 8.22. The second-order valence-corrected chi connectivity index (χ2v) is 12.5. The van der Waals surface area contributed by atoms with Gasteiger partial charge >= 0.3 is 0 Å². The number of hydrogen-bond donors (Lipinski definition) is 1. The predicted molar refractivity (Wildman–Crippen MR) is 112 cm³/mol. The molecule has 1 fully saturated rings. The summed E-state index contributed by atoms with van der Waals surface area (Å²) in [5.74, 6) is 0.477. The Morgan fingerprint density at radius 1 is 1.35 bits per heavy atom. The lowest BCUT2D eigenvalue weighted by Crippen LogP contribution is -2.49. The lowest BCUT2D eigenvalue weighted by molar-refractivity contribution is 0.462. The molecule has 1 saturated carbocycles. The highest BCUT2D eigenvalue weighted by Gasteiger charge is 2.45. The molecule has 26 heavy (non-hydrogen) atoms. The number of nitrogens with one attached hydrogen (secondary N) is 1. The SMILES string of the molecule is CC(C#N)(SC[C@](C)(N[S@](=O)C(C)(C)C)c1cc(Br)ccc1F)C1CC1. The molecule has 1 N–H and O–H groups in total. The summed E-state index contributed by atoms with van der Waals surface area (Å²) in [6.45, 7) is 9.45.